The molecule has 0 aromatic heterocycles. The summed E-state index contributed by atoms with van der Waals surface area (Å²) in [5.74, 6) is 0.809. The Labute approximate surface area is 115 Å². The van der Waals surface area contributed by atoms with Gasteiger partial charge in [-0.2, -0.15) is 0 Å². The molecule has 2 rings (SSSR count). The van der Waals surface area contributed by atoms with Crippen LogP contribution in [0.15, 0.2) is 36.4 Å². The molecule has 1 nitrogen and oxygen atoms in total. The topological polar surface area (TPSA) is 12.0 Å². The van der Waals surface area contributed by atoms with Crippen LogP contribution in [-0.2, 0) is 6.42 Å². The highest BCUT2D eigenvalue weighted by molar-refractivity contribution is 6.31. The average Bonchev–Trinajstić information content (AvgIpc) is 2.40. The van der Waals surface area contributed by atoms with Crippen molar-refractivity contribution in [3.8, 4) is 0 Å². The van der Waals surface area contributed by atoms with E-state index in [1.165, 1.54) is 24.8 Å². The predicted molar refractivity (Wildman–Crippen MR) is 79.1 cm³/mol. The molecule has 1 aromatic carbocycles. The maximum absolute atomic E-state index is 6.18. The van der Waals surface area contributed by atoms with Crippen LogP contribution in [0.3, 0.4) is 0 Å². The van der Waals surface area contributed by atoms with Crippen LogP contribution in [0.4, 0.5) is 0 Å². The van der Waals surface area contributed by atoms with Gasteiger partial charge in [-0.3, -0.25) is 0 Å². The zero-order valence-corrected chi connectivity index (χ0v) is 11.8. The highest BCUT2D eigenvalue weighted by Crippen LogP contribution is 2.19. The molecule has 1 aliphatic rings. The van der Waals surface area contributed by atoms with Crippen LogP contribution in [0, 0.1) is 5.92 Å². The summed E-state index contributed by atoms with van der Waals surface area (Å²) in [7, 11) is 0. The summed E-state index contributed by atoms with van der Waals surface area (Å²) < 4.78 is 0. The van der Waals surface area contributed by atoms with Gasteiger partial charge in [0.25, 0.3) is 0 Å². The molecular formula is C16H22ClN. The molecule has 98 valence electrons. The van der Waals surface area contributed by atoms with E-state index < -0.39 is 0 Å². The second kappa shape index (κ2) is 6.96. The molecule has 0 saturated heterocycles. The summed E-state index contributed by atoms with van der Waals surface area (Å²) in [6, 6.07) is 8.60. The van der Waals surface area contributed by atoms with Crippen molar-refractivity contribution < 1.29 is 0 Å². The lowest BCUT2D eigenvalue weighted by Crippen LogP contribution is -2.33. The summed E-state index contributed by atoms with van der Waals surface area (Å²) >= 11 is 6.18. The first-order valence-electron chi connectivity index (χ1n) is 6.87. The summed E-state index contributed by atoms with van der Waals surface area (Å²) in [4.78, 5) is 0. The van der Waals surface area contributed by atoms with Crippen LogP contribution < -0.4 is 5.32 Å². The molecule has 1 N–H and O–H groups in total. The Balaban J connectivity index is 1.76. The van der Waals surface area contributed by atoms with E-state index in [4.69, 9.17) is 11.6 Å². The molecule has 0 amide bonds. The maximum atomic E-state index is 6.18. The molecule has 2 heteroatoms. The quantitative estimate of drug-likeness (QED) is 0.785. The SMILES string of the molecule is CC(Cc1ccccc1Cl)NCC1CC=CCC1. The first-order valence-corrected chi connectivity index (χ1v) is 7.25. The minimum atomic E-state index is 0.482. The zero-order valence-electron chi connectivity index (χ0n) is 11.0. The number of allylic oxidation sites excluding steroid dienone is 2. The van der Waals surface area contributed by atoms with E-state index in [-0.39, 0.29) is 0 Å². The van der Waals surface area contributed by atoms with Gasteiger partial charge in [0.2, 0.25) is 0 Å². The maximum Gasteiger partial charge on any atom is 0.0438 e. The van der Waals surface area contributed by atoms with Gasteiger partial charge in [0.15, 0.2) is 0 Å². The molecule has 0 fully saturated rings. The smallest absolute Gasteiger partial charge is 0.0438 e. The third-order valence-electron chi connectivity index (χ3n) is 3.62. The van der Waals surface area contributed by atoms with Crippen molar-refractivity contribution in [3.63, 3.8) is 0 Å². The second-order valence-corrected chi connectivity index (χ2v) is 5.66. The Morgan fingerprint density at radius 3 is 2.89 bits per heavy atom. The van der Waals surface area contributed by atoms with Crippen LogP contribution in [-0.4, -0.2) is 12.6 Å². The standard InChI is InChI=1S/C16H22ClN/c1-13(11-15-9-5-6-10-16(15)17)18-12-14-7-3-2-4-8-14/h2-3,5-6,9-10,13-14,18H,4,7-8,11-12H2,1H3. The molecule has 1 aromatic rings. The average molecular weight is 264 g/mol. The lowest BCUT2D eigenvalue weighted by molar-refractivity contribution is 0.410. The minimum Gasteiger partial charge on any atom is -0.314 e. The van der Waals surface area contributed by atoms with Crippen LogP contribution in [0.2, 0.25) is 5.02 Å². The molecule has 0 heterocycles. The van der Waals surface area contributed by atoms with Crippen molar-refractivity contribution in [1.29, 1.82) is 0 Å². The Kier molecular flexibility index (Phi) is 5.27. The number of halogens is 1. The number of rotatable bonds is 5. The lowest BCUT2D eigenvalue weighted by Gasteiger charge is -2.21. The Morgan fingerprint density at radius 1 is 1.33 bits per heavy atom. The number of nitrogens with one attached hydrogen (secondary N) is 1. The van der Waals surface area contributed by atoms with Crippen molar-refractivity contribution in [2.24, 2.45) is 5.92 Å². The first-order chi connectivity index (χ1) is 8.75. The minimum absolute atomic E-state index is 0.482. The van der Waals surface area contributed by atoms with Gasteiger partial charge in [0.05, 0.1) is 0 Å². The molecule has 0 bridgehead atoms. The van der Waals surface area contributed by atoms with Gasteiger partial charge in [0, 0.05) is 11.1 Å². The third kappa shape index (κ3) is 4.15. The van der Waals surface area contributed by atoms with Crippen molar-refractivity contribution >= 4 is 11.6 Å². The molecule has 2 unspecified atom stereocenters. The van der Waals surface area contributed by atoms with Crippen molar-refractivity contribution in [2.75, 3.05) is 6.54 Å². The second-order valence-electron chi connectivity index (χ2n) is 5.26. The van der Waals surface area contributed by atoms with E-state index in [0.29, 0.717) is 6.04 Å². The molecule has 2 atom stereocenters. The molecular weight excluding hydrogens is 242 g/mol. The van der Waals surface area contributed by atoms with Gasteiger partial charge in [-0.05, 0) is 56.7 Å². The van der Waals surface area contributed by atoms with Crippen LogP contribution in [0.25, 0.3) is 0 Å². The normalized spacial score (nSPS) is 20.9. The zero-order chi connectivity index (χ0) is 12.8. The van der Waals surface area contributed by atoms with Gasteiger partial charge in [-0.25, -0.2) is 0 Å². The molecule has 1 aliphatic carbocycles. The first kappa shape index (κ1) is 13.6. The number of hydrogen-bond donors (Lipinski definition) is 1. The largest absolute Gasteiger partial charge is 0.314 e. The lowest BCUT2D eigenvalue weighted by atomic mass is 9.94. The molecule has 18 heavy (non-hydrogen) atoms. The summed E-state index contributed by atoms with van der Waals surface area (Å²) in [6.07, 6.45) is 9.40. The van der Waals surface area contributed by atoms with Gasteiger partial charge in [-0.15, -0.1) is 0 Å². The molecule has 0 saturated carbocycles. The predicted octanol–water partition coefficient (Wildman–Crippen LogP) is 4.22. The van der Waals surface area contributed by atoms with Crippen LogP contribution >= 0.6 is 11.6 Å². The van der Waals surface area contributed by atoms with Gasteiger partial charge < -0.3 is 5.32 Å². The van der Waals surface area contributed by atoms with E-state index >= 15 is 0 Å². The number of benzene rings is 1. The van der Waals surface area contributed by atoms with Crippen molar-refractivity contribution in [2.45, 2.75) is 38.6 Å². The highest BCUT2D eigenvalue weighted by atomic mass is 35.5. The fourth-order valence-corrected chi connectivity index (χ4v) is 2.69. The third-order valence-corrected chi connectivity index (χ3v) is 3.99. The molecule has 0 radical (unpaired) electrons. The van der Waals surface area contributed by atoms with Crippen molar-refractivity contribution in [3.05, 3.63) is 47.0 Å². The summed E-state index contributed by atoms with van der Waals surface area (Å²) in [5, 5.41) is 4.52. The molecule has 0 aliphatic heterocycles. The van der Waals surface area contributed by atoms with E-state index in [0.717, 1.165) is 23.9 Å². The molecule has 0 spiro atoms. The van der Waals surface area contributed by atoms with Gasteiger partial charge in [0.1, 0.15) is 0 Å². The fraction of sp³-hybridized carbons (Fsp3) is 0.500. The monoisotopic (exact) mass is 263 g/mol. The summed E-state index contributed by atoms with van der Waals surface area (Å²) in [6.45, 7) is 3.36. The van der Waals surface area contributed by atoms with Gasteiger partial charge in [-0.1, -0.05) is 42.0 Å². The Hall–Kier alpha value is -0.790. The van der Waals surface area contributed by atoms with E-state index in [1.54, 1.807) is 0 Å². The van der Waals surface area contributed by atoms with E-state index in [1.807, 2.05) is 12.1 Å². The Bertz CT molecular complexity index is 400. The highest BCUT2D eigenvalue weighted by Gasteiger charge is 2.12. The fourth-order valence-electron chi connectivity index (χ4n) is 2.48. The summed E-state index contributed by atoms with van der Waals surface area (Å²) in [5.41, 5.74) is 1.24. The van der Waals surface area contributed by atoms with Crippen LogP contribution in [0.1, 0.15) is 31.7 Å². The van der Waals surface area contributed by atoms with Crippen molar-refractivity contribution in [1.82, 2.24) is 5.32 Å². The van der Waals surface area contributed by atoms with E-state index in [2.05, 4.69) is 36.5 Å². The Morgan fingerprint density at radius 2 is 2.17 bits per heavy atom. The number of hydrogen-bond acceptors (Lipinski definition) is 1. The van der Waals surface area contributed by atoms with Crippen LogP contribution in [0.5, 0.6) is 0 Å². The van der Waals surface area contributed by atoms with E-state index in [9.17, 15) is 0 Å². The van der Waals surface area contributed by atoms with Gasteiger partial charge >= 0.3 is 0 Å².